The van der Waals surface area contributed by atoms with Gasteiger partial charge in [0.15, 0.2) is 0 Å². The van der Waals surface area contributed by atoms with Gasteiger partial charge in [0, 0.05) is 13.2 Å². The van der Waals surface area contributed by atoms with Gasteiger partial charge in [-0.2, -0.15) is 5.26 Å². The molecule has 0 aliphatic carbocycles. The number of aromatic nitrogens is 1. The Kier molecular flexibility index (Phi) is 3.35. The average molecular weight is 197 g/mol. The topological polar surface area (TPSA) is 39.9 Å². The quantitative estimate of drug-likeness (QED) is 0.739. The van der Waals surface area contributed by atoms with Crippen molar-refractivity contribution < 1.29 is 8.78 Å². The SMILES string of the molecule is CN(CC(F)F)c1cnccc1C#N. The third-order valence-electron chi connectivity index (χ3n) is 1.74. The average Bonchev–Trinajstić information content (AvgIpc) is 2.16. The van der Waals surface area contributed by atoms with Crippen LogP contribution in [-0.4, -0.2) is 25.0 Å². The number of hydrogen-bond donors (Lipinski definition) is 0. The van der Waals surface area contributed by atoms with Gasteiger partial charge in [0.05, 0.1) is 24.0 Å². The minimum Gasteiger partial charge on any atom is -0.367 e. The Balaban J connectivity index is 2.89. The molecule has 1 aromatic rings. The number of alkyl halides is 2. The molecule has 1 heterocycles. The summed E-state index contributed by atoms with van der Waals surface area (Å²) in [4.78, 5) is 5.10. The number of hydrogen-bond acceptors (Lipinski definition) is 3. The largest absolute Gasteiger partial charge is 0.367 e. The van der Waals surface area contributed by atoms with Gasteiger partial charge in [-0.15, -0.1) is 0 Å². The highest BCUT2D eigenvalue weighted by molar-refractivity contribution is 5.56. The molecule has 0 spiro atoms. The molecule has 0 amide bonds. The lowest BCUT2D eigenvalue weighted by atomic mass is 10.2. The predicted molar refractivity (Wildman–Crippen MR) is 48.2 cm³/mol. The van der Waals surface area contributed by atoms with E-state index in [9.17, 15) is 8.78 Å². The molecule has 0 aliphatic heterocycles. The van der Waals surface area contributed by atoms with E-state index in [1.54, 1.807) is 0 Å². The van der Waals surface area contributed by atoms with Crippen molar-refractivity contribution in [2.45, 2.75) is 6.43 Å². The molecule has 0 bridgehead atoms. The summed E-state index contributed by atoms with van der Waals surface area (Å²) in [6.45, 7) is -0.402. The van der Waals surface area contributed by atoms with E-state index in [0.717, 1.165) is 0 Å². The molecular weight excluding hydrogens is 188 g/mol. The normalized spacial score (nSPS) is 9.93. The number of nitrogens with zero attached hydrogens (tertiary/aromatic N) is 3. The first-order valence-electron chi connectivity index (χ1n) is 3.98. The Bertz CT molecular complexity index is 346. The lowest BCUT2D eigenvalue weighted by Crippen LogP contribution is -2.24. The van der Waals surface area contributed by atoms with Gasteiger partial charge in [-0.05, 0) is 6.07 Å². The maximum Gasteiger partial charge on any atom is 0.255 e. The van der Waals surface area contributed by atoms with Crippen LogP contribution in [0.1, 0.15) is 5.56 Å². The summed E-state index contributed by atoms with van der Waals surface area (Å²) in [6.07, 6.45) is 0.436. The minimum atomic E-state index is -2.42. The molecule has 0 unspecified atom stereocenters. The van der Waals surface area contributed by atoms with Crippen molar-refractivity contribution in [1.29, 1.82) is 5.26 Å². The molecule has 14 heavy (non-hydrogen) atoms. The van der Waals surface area contributed by atoms with E-state index in [1.807, 2.05) is 6.07 Å². The molecule has 0 N–H and O–H groups in total. The summed E-state index contributed by atoms with van der Waals surface area (Å²) in [5, 5.41) is 8.71. The molecular formula is C9H9F2N3. The Morgan fingerprint density at radius 2 is 2.36 bits per heavy atom. The van der Waals surface area contributed by atoms with Crippen LogP contribution in [0.5, 0.6) is 0 Å². The van der Waals surface area contributed by atoms with Gasteiger partial charge in [0.25, 0.3) is 6.43 Å². The van der Waals surface area contributed by atoms with E-state index >= 15 is 0 Å². The zero-order valence-electron chi connectivity index (χ0n) is 7.61. The molecule has 74 valence electrons. The maximum atomic E-state index is 12.1. The highest BCUT2D eigenvalue weighted by Gasteiger charge is 2.11. The van der Waals surface area contributed by atoms with E-state index < -0.39 is 13.0 Å². The van der Waals surface area contributed by atoms with Gasteiger partial charge in [0.1, 0.15) is 6.07 Å². The fourth-order valence-corrected chi connectivity index (χ4v) is 1.09. The first-order chi connectivity index (χ1) is 6.65. The van der Waals surface area contributed by atoms with Gasteiger partial charge in [-0.25, -0.2) is 8.78 Å². The zero-order chi connectivity index (χ0) is 10.6. The number of anilines is 1. The summed E-state index contributed by atoms with van der Waals surface area (Å²) in [5.41, 5.74) is 0.776. The summed E-state index contributed by atoms with van der Waals surface area (Å²) in [7, 11) is 1.50. The van der Waals surface area contributed by atoms with Crippen molar-refractivity contribution in [2.24, 2.45) is 0 Å². The van der Waals surface area contributed by atoms with Crippen LogP contribution >= 0.6 is 0 Å². The fourth-order valence-electron chi connectivity index (χ4n) is 1.09. The highest BCUT2D eigenvalue weighted by Crippen LogP contribution is 2.17. The van der Waals surface area contributed by atoms with Gasteiger partial charge >= 0.3 is 0 Å². The van der Waals surface area contributed by atoms with Gasteiger partial charge < -0.3 is 4.90 Å². The van der Waals surface area contributed by atoms with Crippen molar-refractivity contribution in [1.82, 2.24) is 4.98 Å². The Labute approximate surface area is 80.6 Å². The molecule has 0 atom stereocenters. The van der Waals surface area contributed by atoms with E-state index in [4.69, 9.17) is 5.26 Å². The smallest absolute Gasteiger partial charge is 0.255 e. The van der Waals surface area contributed by atoms with Crippen molar-refractivity contribution in [3.8, 4) is 6.07 Å². The minimum absolute atomic E-state index is 0.350. The Morgan fingerprint density at radius 1 is 1.64 bits per heavy atom. The second-order valence-corrected chi connectivity index (χ2v) is 2.78. The molecule has 0 saturated carbocycles. The van der Waals surface area contributed by atoms with Crippen LogP contribution < -0.4 is 4.90 Å². The van der Waals surface area contributed by atoms with Crippen LogP contribution in [0, 0.1) is 11.3 Å². The van der Waals surface area contributed by atoms with Crippen molar-refractivity contribution in [3.63, 3.8) is 0 Å². The highest BCUT2D eigenvalue weighted by atomic mass is 19.3. The van der Waals surface area contributed by atoms with Crippen LogP contribution in [0.15, 0.2) is 18.5 Å². The molecule has 1 rings (SSSR count). The first kappa shape index (κ1) is 10.4. The van der Waals surface area contributed by atoms with Crippen LogP contribution in [0.4, 0.5) is 14.5 Å². The molecule has 3 nitrogen and oxygen atoms in total. The molecule has 0 radical (unpaired) electrons. The standard InChI is InChI=1S/C9H9F2N3/c1-14(6-9(10)11)8-5-13-3-2-7(8)4-12/h2-3,5,9H,6H2,1H3. The molecule has 1 aromatic heterocycles. The predicted octanol–water partition coefficient (Wildman–Crippen LogP) is 1.65. The zero-order valence-corrected chi connectivity index (χ0v) is 7.61. The summed E-state index contributed by atoms with van der Waals surface area (Å²) in [5.74, 6) is 0. The van der Waals surface area contributed by atoms with E-state index in [1.165, 1.54) is 30.4 Å². The number of halogens is 2. The lowest BCUT2D eigenvalue weighted by Gasteiger charge is -2.18. The fraction of sp³-hybridized carbons (Fsp3) is 0.333. The monoisotopic (exact) mass is 197 g/mol. The summed E-state index contributed by atoms with van der Waals surface area (Å²) in [6, 6.07) is 3.42. The van der Waals surface area contributed by atoms with E-state index in [2.05, 4.69) is 4.98 Å². The van der Waals surface area contributed by atoms with Crippen LogP contribution in [0.2, 0.25) is 0 Å². The molecule has 0 fully saturated rings. The van der Waals surface area contributed by atoms with Crippen molar-refractivity contribution in [3.05, 3.63) is 24.0 Å². The van der Waals surface area contributed by atoms with Crippen molar-refractivity contribution in [2.75, 3.05) is 18.5 Å². The third-order valence-corrected chi connectivity index (χ3v) is 1.74. The van der Waals surface area contributed by atoms with Crippen LogP contribution in [-0.2, 0) is 0 Å². The molecule has 5 heteroatoms. The summed E-state index contributed by atoms with van der Waals surface area (Å²) < 4.78 is 24.1. The van der Waals surface area contributed by atoms with E-state index in [0.29, 0.717) is 11.3 Å². The maximum absolute atomic E-state index is 12.1. The number of nitriles is 1. The van der Waals surface area contributed by atoms with Gasteiger partial charge in [-0.3, -0.25) is 4.98 Å². The van der Waals surface area contributed by atoms with E-state index in [-0.39, 0.29) is 0 Å². The first-order valence-corrected chi connectivity index (χ1v) is 3.98. The lowest BCUT2D eigenvalue weighted by molar-refractivity contribution is 0.156. The van der Waals surface area contributed by atoms with Crippen LogP contribution in [0.3, 0.4) is 0 Å². The second-order valence-electron chi connectivity index (χ2n) is 2.78. The molecule has 0 aromatic carbocycles. The number of rotatable bonds is 3. The Morgan fingerprint density at radius 3 is 2.93 bits per heavy atom. The van der Waals surface area contributed by atoms with Gasteiger partial charge in [0.2, 0.25) is 0 Å². The van der Waals surface area contributed by atoms with Crippen LogP contribution in [0.25, 0.3) is 0 Å². The third kappa shape index (κ3) is 2.39. The van der Waals surface area contributed by atoms with Crippen molar-refractivity contribution >= 4 is 5.69 Å². The second kappa shape index (κ2) is 4.51. The van der Waals surface area contributed by atoms with Gasteiger partial charge in [-0.1, -0.05) is 0 Å². The summed E-state index contributed by atoms with van der Waals surface area (Å²) >= 11 is 0. The molecule has 0 saturated heterocycles. The molecule has 0 aliphatic rings. The Hall–Kier alpha value is -1.70. The number of pyridine rings is 1.